The van der Waals surface area contributed by atoms with Gasteiger partial charge >= 0.3 is 5.97 Å². The minimum absolute atomic E-state index is 0.191. The first-order valence-electron chi connectivity index (χ1n) is 11.4. The quantitative estimate of drug-likeness (QED) is 0.538. The summed E-state index contributed by atoms with van der Waals surface area (Å²) in [4.78, 5) is 12.1. The summed E-state index contributed by atoms with van der Waals surface area (Å²) in [5, 5.41) is 16.4. The van der Waals surface area contributed by atoms with Gasteiger partial charge in [-0.05, 0) is 85.7 Å². The van der Waals surface area contributed by atoms with Gasteiger partial charge in [-0.15, -0.1) is 0 Å². The number of halogens is 2. The van der Waals surface area contributed by atoms with Gasteiger partial charge in [0.25, 0.3) is 0 Å². The SMILES string of the molecule is COC(=O)c1cc(F)ccc1CC[C@]1(O)CCC2=Cc3c(cnn3-c3ccc(F)cc3)C[C@@]21C. The summed E-state index contributed by atoms with van der Waals surface area (Å²) in [6, 6.07) is 10.3. The van der Waals surface area contributed by atoms with Crippen molar-refractivity contribution in [1.82, 2.24) is 9.78 Å². The molecular weight excluding hydrogens is 438 g/mol. The van der Waals surface area contributed by atoms with Crippen molar-refractivity contribution in [3.63, 3.8) is 0 Å². The second kappa shape index (κ2) is 8.17. The topological polar surface area (TPSA) is 64.3 Å². The number of rotatable bonds is 5. The number of fused-ring (bicyclic) bond motifs is 2. The number of benzene rings is 2. The smallest absolute Gasteiger partial charge is 0.338 e. The molecule has 0 radical (unpaired) electrons. The Morgan fingerprint density at radius 1 is 1.18 bits per heavy atom. The van der Waals surface area contributed by atoms with Crippen molar-refractivity contribution in [1.29, 1.82) is 0 Å². The Kier molecular flexibility index (Phi) is 5.40. The highest BCUT2D eigenvalue weighted by molar-refractivity contribution is 5.91. The van der Waals surface area contributed by atoms with E-state index in [2.05, 4.69) is 18.1 Å². The summed E-state index contributed by atoms with van der Waals surface area (Å²) >= 11 is 0. The normalized spacial score (nSPS) is 23.3. The molecular formula is C27H26F2N2O3. The molecule has 0 spiro atoms. The summed E-state index contributed by atoms with van der Waals surface area (Å²) < 4.78 is 33.7. The standard InChI is InChI=1S/C27H26F2N2O3/c1-26-15-18-16-30-31(22-7-5-20(28)6-8-22)24(18)13-19(26)10-12-27(26,33)11-9-17-3-4-21(29)14-23(17)25(32)34-2/h3-8,13-14,16,33H,9-12,15H2,1-2H3/t26-,27-/m0/s1. The van der Waals surface area contributed by atoms with Gasteiger partial charge in [-0.1, -0.05) is 18.6 Å². The molecule has 0 saturated heterocycles. The average Bonchev–Trinajstić information content (AvgIpc) is 3.34. The van der Waals surface area contributed by atoms with Crippen LogP contribution in [0.5, 0.6) is 0 Å². The van der Waals surface area contributed by atoms with E-state index in [1.165, 1.54) is 31.4 Å². The Morgan fingerprint density at radius 2 is 1.91 bits per heavy atom. The van der Waals surface area contributed by atoms with Crippen molar-refractivity contribution in [3.8, 4) is 5.69 Å². The molecule has 2 aliphatic rings. The monoisotopic (exact) mass is 464 g/mol. The number of aromatic nitrogens is 2. The number of carbonyl (C=O) groups is 1. The molecule has 1 aromatic heterocycles. The first-order chi connectivity index (χ1) is 16.2. The van der Waals surface area contributed by atoms with Gasteiger partial charge in [0.1, 0.15) is 11.6 Å². The van der Waals surface area contributed by atoms with E-state index in [4.69, 9.17) is 4.74 Å². The number of esters is 1. The fraction of sp³-hybridized carbons (Fsp3) is 0.333. The van der Waals surface area contributed by atoms with E-state index in [9.17, 15) is 18.7 Å². The number of ether oxygens (including phenoxy) is 1. The fourth-order valence-electron chi connectivity index (χ4n) is 5.53. The summed E-state index contributed by atoms with van der Waals surface area (Å²) in [6.45, 7) is 2.08. The molecule has 1 N–H and O–H groups in total. The third kappa shape index (κ3) is 3.55. The van der Waals surface area contributed by atoms with Gasteiger partial charge in [-0.3, -0.25) is 0 Å². The molecule has 1 heterocycles. The van der Waals surface area contributed by atoms with Crippen LogP contribution in [0.3, 0.4) is 0 Å². The van der Waals surface area contributed by atoms with Crippen molar-refractivity contribution < 1.29 is 23.4 Å². The maximum absolute atomic E-state index is 13.7. The van der Waals surface area contributed by atoms with E-state index in [1.54, 1.807) is 22.9 Å². The largest absolute Gasteiger partial charge is 0.465 e. The Balaban J connectivity index is 1.43. The van der Waals surface area contributed by atoms with E-state index in [0.29, 0.717) is 31.2 Å². The predicted molar refractivity (Wildman–Crippen MR) is 124 cm³/mol. The van der Waals surface area contributed by atoms with Crippen LogP contribution < -0.4 is 0 Å². The molecule has 0 unspecified atom stereocenters. The lowest BCUT2D eigenvalue weighted by atomic mass is 9.65. The van der Waals surface area contributed by atoms with Gasteiger partial charge in [0.15, 0.2) is 0 Å². The van der Waals surface area contributed by atoms with Gasteiger partial charge in [-0.25, -0.2) is 18.3 Å². The summed E-state index contributed by atoms with van der Waals surface area (Å²) in [6.07, 6.45) is 6.73. The molecule has 1 saturated carbocycles. The van der Waals surface area contributed by atoms with Crippen LogP contribution in [0.15, 0.2) is 54.2 Å². The first kappa shape index (κ1) is 22.5. The number of hydrogen-bond donors (Lipinski definition) is 1. The highest BCUT2D eigenvalue weighted by atomic mass is 19.1. The lowest BCUT2D eigenvalue weighted by Crippen LogP contribution is -2.45. The molecule has 1 fully saturated rings. The molecule has 7 heteroatoms. The molecule has 0 aliphatic heterocycles. The summed E-state index contributed by atoms with van der Waals surface area (Å²) in [5.74, 6) is -1.39. The van der Waals surface area contributed by atoms with E-state index in [1.807, 2.05) is 6.20 Å². The van der Waals surface area contributed by atoms with Crippen LogP contribution in [0.25, 0.3) is 11.8 Å². The predicted octanol–water partition coefficient (Wildman–Crippen LogP) is 5.04. The Labute approximate surface area is 196 Å². The van der Waals surface area contributed by atoms with Crippen LogP contribution in [0.4, 0.5) is 8.78 Å². The highest BCUT2D eigenvalue weighted by Crippen LogP contribution is 2.56. The molecule has 5 nitrogen and oxygen atoms in total. The van der Waals surface area contributed by atoms with Crippen molar-refractivity contribution in [3.05, 3.63) is 88.3 Å². The molecule has 5 rings (SSSR count). The van der Waals surface area contributed by atoms with Crippen molar-refractivity contribution >= 4 is 12.0 Å². The minimum atomic E-state index is -0.990. The third-order valence-corrected chi connectivity index (χ3v) is 7.64. The molecule has 2 atom stereocenters. The Hall–Kier alpha value is -3.32. The van der Waals surface area contributed by atoms with Crippen LogP contribution in [-0.4, -0.2) is 33.6 Å². The number of nitrogens with zero attached hydrogens (tertiary/aromatic N) is 2. The van der Waals surface area contributed by atoms with E-state index >= 15 is 0 Å². The first-order valence-corrected chi connectivity index (χ1v) is 11.4. The van der Waals surface area contributed by atoms with E-state index < -0.39 is 22.8 Å². The third-order valence-electron chi connectivity index (χ3n) is 7.64. The van der Waals surface area contributed by atoms with Gasteiger partial charge in [0.2, 0.25) is 0 Å². The number of hydrogen-bond acceptors (Lipinski definition) is 4. The Morgan fingerprint density at radius 3 is 2.65 bits per heavy atom. The highest BCUT2D eigenvalue weighted by Gasteiger charge is 2.54. The molecule has 176 valence electrons. The van der Waals surface area contributed by atoms with E-state index in [0.717, 1.165) is 28.9 Å². The molecule has 0 amide bonds. The lowest BCUT2D eigenvalue weighted by molar-refractivity contribution is -0.0462. The molecule has 3 aromatic rings. The molecule has 0 bridgehead atoms. The van der Waals surface area contributed by atoms with Crippen molar-refractivity contribution in [2.75, 3.05) is 7.11 Å². The zero-order valence-electron chi connectivity index (χ0n) is 19.1. The van der Waals surface area contributed by atoms with Crippen LogP contribution in [-0.2, 0) is 17.6 Å². The number of methoxy groups -OCH3 is 1. The van der Waals surface area contributed by atoms with Crippen LogP contribution in [0, 0.1) is 17.0 Å². The lowest BCUT2D eigenvalue weighted by Gasteiger charge is -2.42. The van der Waals surface area contributed by atoms with Crippen molar-refractivity contribution in [2.24, 2.45) is 5.41 Å². The zero-order chi connectivity index (χ0) is 24.1. The molecule has 2 aliphatic carbocycles. The van der Waals surface area contributed by atoms with Crippen LogP contribution in [0.1, 0.15) is 53.4 Å². The average molecular weight is 465 g/mol. The zero-order valence-corrected chi connectivity index (χ0v) is 19.1. The van der Waals surface area contributed by atoms with Crippen molar-refractivity contribution in [2.45, 2.75) is 44.6 Å². The second-order valence-corrected chi connectivity index (χ2v) is 9.45. The number of aliphatic hydroxyl groups is 1. The number of aryl methyl sites for hydroxylation is 1. The van der Waals surface area contributed by atoms with Gasteiger partial charge < -0.3 is 9.84 Å². The van der Waals surface area contributed by atoms with Crippen LogP contribution in [0.2, 0.25) is 0 Å². The van der Waals surface area contributed by atoms with E-state index in [-0.39, 0.29) is 11.4 Å². The Bertz CT molecular complexity index is 1300. The van der Waals surface area contributed by atoms with Gasteiger partial charge in [0.05, 0.1) is 35.9 Å². The summed E-state index contributed by atoms with van der Waals surface area (Å²) in [5.41, 5.74) is 3.28. The van der Waals surface area contributed by atoms with Gasteiger partial charge in [0, 0.05) is 5.41 Å². The fourth-order valence-corrected chi connectivity index (χ4v) is 5.53. The number of carbonyl (C=O) groups excluding carboxylic acids is 1. The maximum Gasteiger partial charge on any atom is 0.338 e. The van der Waals surface area contributed by atoms with Gasteiger partial charge in [-0.2, -0.15) is 5.10 Å². The minimum Gasteiger partial charge on any atom is -0.465 e. The summed E-state index contributed by atoms with van der Waals surface area (Å²) in [7, 11) is 1.27. The maximum atomic E-state index is 13.7. The van der Waals surface area contributed by atoms with Crippen LogP contribution >= 0.6 is 0 Å². The molecule has 34 heavy (non-hydrogen) atoms. The molecule has 2 aromatic carbocycles. The second-order valence-electron chi connectivity index (χ2n) is 9.45.